The van der Waals surface area contributed by atoms with E-state index in [0.717, 1.165) is 17.7 Å². The van der Waals surface area contributed by atoms with Crippen LogP contribution in [0, 0.1) is 0 Å². The van der Waals surface area contributed by atoms with Crippen LogP contribution in [0.5, 0.6) is 5.75 Å². The SMILES string of the molecule is COc1ccccc1CCNC(=O)CCBr. The lowest BCUT2D eigenvalue weighted by Crippen LogP contribution is -2.25. The van der Waals surface area contributed by atoms with Gasteiger partial charge in [-0.1, -0.05) is 34.1 Å². The minimum atomic E-state index is 0.0757. The molecular weight excluding hydrogens is 270 g/mol. The predicted octanol–water partition coefficient (Wildman–Crippen LogP) is 2.14. The Morgan fingerprint density at radius 1 is 1.44 bits per heavy atom. The summed E-state index contributed by atoms with van der Waals surface area (Å²) in [5.74, 6) is 0.948. The Morgan fingerprint density at radius 3 is 2.88 bits per heavy atom. The van der Waals surface area contributed by atoms with Crippen molar-refractivity contribution in [1.82, 2.24) is 5.32 Å². The molecule has 1 aromatic rings. The number of alkyl halides is 1. The Kier molecular flexibility index (Phi) is 5.93. The first-order chi connectivity index (χ1) is 7.77. The first-order valence-electron chi connectivity index (χ1n) is 5.22. The van der Waals surface area contributed by atoms with Crippen molar-refractivity contribution >= 4 is 21.8 Å². The van der Waals surface area contributed by atoms with Crippen molar-refractivity contribution in [3.63, 3.8) is 0 Å². The van der Waals surface area contributed by atoms with Gasteiger partial charge in [0.1, 0.15) is 5.75 Å². The van der Waals surface area contributed by atoms with Gasteiger partial charge in [0, 0.05) is 18.3 Å². The molecule has 0 bridgehead atoms. The molecule has 0 radical (unpaired) electrons. The lowest BCUT2D eigenvalue weighted by molar-refractivity contribution is -0.120. The van der Waals surface area contributed by atoms with Crippen molar-refractivity contribution in [3.8, 4) is 5.75 Å². The number of hydrogen-bond donors (Lipinski definition) is 1. The molecule has 1 amide bonds. The normalized spacial score (nSPS) is 9.88. The fourth-order valence-corrected chi connectivity index (χ4v) is 1.78. The molecule has 0 aliphatic heterocycles. The lowest BCUT2D eigenvalue weighted by Gasteiger charge is -2.08. The van der Waals surface area contributed by atoms with E-state index in [2.05, 4.69) is 21.2 Å². The average molecular weight is 286 g/mol. The molecule has 16 heavy (non-hydrogen) atoms. The van der Waals surface area contributed by atoms with Crippen molar-refractivity contribution in [2.75, 3.05) is 19.0 Å². The number of hydrogen-bond acceptors (Lipinski definition) is 2. The molecule has 0 heterocycles. The summed E-state index contributed by atoms with van der Waals surface area (Å²) in [4.78, 5) is 11.2. The largest absolute Gasteiger partial charge is 0.496 e. The van der Waals surface area contributed by atoms with Crippen LogP contribution in [-0.2, 0) is 11.2 Å². The third-order valence-corrected chi connectivity index (χ3v) is 2.63. The van der Waals surface area contributed by atoms with Gasteiger partial charge in [0.2, 0.25) is 5.91 Å². The highest BCUT2D eigenvalue weighted by Crippen LogP contribution is 2.17. The van der Waals surface area contributed by atoms with Crippen LogP contribution in [-0.4, -0.2) is 24.9 Å². The summed E-state index contributed by atoms with van der Waals surface area (Å²) in [6.45, 7) is 0.645. The molecule has 3 nitrogen and oxygen atoms in total. The first kappa shape index (κ1) is 13.0. The number of carbonyl (C=O) groups is 1. The molecule has 0 unspecified atom stereocenters. The minimum Gasteiger partial charge on any atom is -0.496 e. The molecule has 0 aliphatic carbocycles. The summed E-state index contributed by atoms with van der Waals surface area (Å²) < 4.78 is 5.23. The molecule has 1 aromatic carbocycles. The van der Waals surface area contributed by atoms with Gasteiger partial charge in [0.05, 0.1) is 7.11 Å². The quantitative estimate of drug-likeness (QED) is 0.814. The van der Waals surface area contributed by atoms with Gasteiger partial charge in [0.15, 0.2) is 0 Å². The molecule has 0 saturated heterocycles. The second kappa shape index (κ2) is 7.28. The van der Waals surface area contributed by atoms with Crippen LogP contribution in [0.2, 0.25) is 0 Å². The van der Waals surface area contributed by atoms with Gasteiger partial charge in [0.25, 0.3) is 0 Å². The number of rotatable bonds is 6. The molecule has 0 atom stereocenters. The fourth-order valence-electron chi connectivity index (χ4n) is 1.42. The third-order valence-electron chi connectivity index (χ3n) is 2.23. The Balaban J connectivity index is 2.39. The zero-order chi connectivity index (χ0) is 11.8. The van der Waals surface area contributed by atoms with E-state index in [-0.39, 0.29) is 5.91 Å². The Bertz CT molecular complexity index is 342. The molecule has 1 rings (SSSR count). The summed E-state index contributed by atoms with van der Waals surface area (Å²) in [7, 11) is 1.66. The zero-order valence-corrected chi connectivity index (χ0v) is 10.9. The number of nitrogens with one attached hydrogen (secondary N) is 1. The van der Waals surface area contributed by atoms with Crippen LogP contribution < -0.4 is 10.1 Å². The van der Waals surface area contributed by atoms with Crippen molar-refractivity contribution in [3.05, 3.63) is 29.8 Å². The number of benzene rings is 1. The monoisotopic (exact) mass is 285 g/mol. The van der Waals surface area contributed by atoms with Crippen LogP contribution in [0.4, 0.5) is 0 Å². The number of carbonyl (C=O) groups excluding carboxylic acids is 1. The highest BCUT2D eigenvalue weighted by molar-refractivity contribution is 9.09. The van der Waals surface area contributed by atoms with E-state index in [1.807, 2.05) is 24.3 Å². The molecule has 0 spiro atoms. The summed E-state index contributed by atoms with van der Waals surface area (Å²) in [6, 6.07) is 7.84. The van der Waals surface area contributed by atoms with Crippen molar-refractivity contribution in [2.24, 2.45) is 0 Å². The van der Waals surface area contributed by atoms with E-state index in [0.29, 0.717) is 18.3 Å². The number of methoxy groups -OCH3 is 1. The van der Waals surface area contributed by atoms with E-state index in [1.165, 1.54) is 0 Å². The van der Waals surface area contributed by atoms with E-state index in [9.17, 15) is 4.79 Å². The molecule has 0 aromatic heterocycles. The Morgan fingerprint density at radius 2 is 2.19 bits per heavy atom. The zero-order valence-electron chi connectivity index (χ0n) is 9.33. The predicted molar refractivity (Wildman–Crippen MR) is 68.1 cm³/mol. The molecule has 0 saturated carbocycles. The van der Waals surface area contributed by atoms with Crippen LogP contribution >= 0.6 is 15.9 Å². The summed E-state index contributed by atoms with van der Waals surface area (Å²) in [5.41, 5.74) is 1.11. The molecule has 88 valence electrons. The first-order valence-corrected chi connectivity index (χ1v) is 6.34. The number of para-hydroxylation sites is 1. The standard InChI is InChI=1S/C12H16BrNO2/c1-16-11-5-3-2-4-10(11)7-9-14-12(15)6-8-13/h2-5H,6-9H2,1H3,(H,14,15). The van der Waals surface area contributed by atoms with Gasteiger partial charge in [-0.05, 0) is 18.1 Å². The topological polar surface area (TPSA) is 38.3 Å². The van der Waals surface area contributed by atoms with Gasteiger partial charge in [-0.3, -0.25) is 4.79 Å². The second-order valence-corrected chi connectivity index (χ2v) is 4.14. The maximum Gasteiger partial charge on any atom is 0.220 e. The van der Waals surface area contributed by atoms with Gasteiger partial charge in [-0.2, -0.15) is 0 Å². The van der Waals surface area contributed by atoms with Crippen molar-refractivity contribution in [2.45, 2.75) is 12.8 Å². The summed E-state index contributed by atoms with van der Waals surface area (Å²) >= 11 is 3.23. The van der Waals surface area contributed by atoms with Gasteiger partial charge < -0.3 is 10.1 Å². The minimum absolute atomic E-state index is 0.0757. The van der Waals surface area contributed by atoms with E-state index >= 15 is 0 Å². The molecule has 4 heteroatoms. The number of halogens is 1. The van der Waals surface area contributed by atoms with Crippen molar-refractivity contribution < 1.29 is 9.53 Å². The van der Waals surface area contributed by atoms with Crippen LogP contribution in [0.3, 0.4) is 0 Å². The third kappa shape index (κ3) is 4.23. The highest BCUT2D eigenvalue weighted by atomic mass is 79.9. The second-order valence-electron chi connectivity index (χ2n) is 3.35. The fraction of sp³-hybridized carbons (Fsp3) is 0.417. The van der Waals surface area contributed by atoms with E-state index in [1.54, 1.807) is 7.11 Å². The Hall–Kier alpha value is -1.03. The van der Waals surface area contributed by atoms with E-state index < -0.39 is 0 Å². The smallest absolute Gasteiger partial charge is 0.220 e. The molecule has 1 N–H and O–H groups in total. The molecular formula is C12H16BrNO2. The average Bonchev–Trinajstić information content (AvgIpc) is 2.30. The van der Waals surface area contributed by atoms with Crippen LogP contribution in [0.1, 0.15) is 12.0 Å². The maximum absolute atomic E-state index is 11.2. The maximum atomic E-state index is 11.2. The number of ether oxygens (including phenoxy) is 1. The lowest BCUT2D eigenvalue weighted by atomic mass is 10.1. The summed E-state index contributed by atoms with van der Waals surface area (Å²) in [5, 5.41) is 3.56. The summed E-state index contributed by atoms with van der Waals surface area (Å²) in [6.07, 6.45) is 1.31. The Labute approximate surface area is 104 Å². The van der Waals surface area contributed by atoms with Gasteiger partial charge in [-0.15, -0.1) is 0 Å². The number of amides is 1. The van der Waals surface area contributed by atoms with Gasteiger partial charge in [-0.25, -0.2) is 0 Å². The van der Waals surface area contributed by atoms with Crippen molar-refractivity contribution in [1.29, 1.82) is 0 Å². The van der Waals surface area contributed by atoms with E-state index in [4.69, 9.17) is 4.74 Å². The van der Waals surface area contributed by atoms with Gasteiger partial charge >= 0.3 is 0 Å². The highest BCUT2D eigenvalue weighted by Gasteiger charge is 2.02. The molecule has 0 fully saturated rings. The van der Waals surface area contributed by atoms with Crippen LogP contribution in [0.25, 0.3) is 0 Å². The van der Waals surface area contributed by atoms with Crippen LogP contribution in [0.15, 0.2) is 24.3 Å². The molecule has 0 aliphatic rings.